The molecule has 19 heavy (non-hydrogen) atoms. The average Bonchev–Trinajstić information content (AvgIpc) is 2.82. The fraction of sp³-hybridized carbons (Fsp3) is 0.0714. The summed E-state index contributed by atoms with van der Waals surface area (Å²) in [5.74, 6) is 1.50. The van der Waals surface area contributed by atoms with Crippen LogP contribution in [-0.2, 0) is 0 Å². The first-order valence-corrected chi connectivity index (χ1v) is 6.56. The second-order valence-corrected chi connectivity index (χ2v) is 5.12. The zero-order valence-electron chi connectivity index (χ0n) is 10.3. The van der Waals surface area contributed by atoms with Gasteiger partial charge in [-0.1, -0.05) is 15.9 Å². The van der Waals surface area contributed by atoms with Gasteiger partial charge in [-0.2, -0.15) is 0 Å². The van der Waals surface area contributed by atoms with Crippen molar-refractivity contribution in [3.05, 3.63) is 40.9 Å². The fourth-order valence-corrected chi connectivity index (χ4v) is 2.34. The molecule has 0 spiro atoms. The van der Waals surface area contributed by atoms with Crippen LogP contribution in [0.3, 0.4) is 0 Å². The highest BCUT2D eigenvalue weighted by Gasteiger charge is 2.10. The van der Waals surface area contributed by atoms with Gasteiger partial charge in [-0.05, 0) is 36.4 Å². The van der Waals surface area contributed by atoms with Gasteiger partial charge in [-0.3, -0.25) is 0 Å². The molecule has 0 aliphatic heterocycles. The van der Waals surface area contributed by atoms with Crippen LogP contribution in [0.25, 0.3) is 22.4 Å². The minimum atomic E-state index is 0.666. The number of benzene rings is 2. The summed E-state index contributed by atoms with van der Waals surface area (Å²) in [5, 5.41) is 0. The number of methoxy groups -OCH3 is 1. The van der Waals surface area contributed by atoms with Crippen LogP contribution in [0.1, 0.15) is 0 Å². The third-order valence-electron chi connectivity index (χ3n) is 2.96. The van der Waals surface area contributed by atoms with Gasteiger partial charge in [0, 0.05) is 15.7 Å². The molecule has 1 aromatic heterocycles. The van der Waals surface area contributed by atoms with Gasteiger partial charge in [0.15, 0.2) is 0 Å². The van der Waals surface area contributed by atoms with E-state index in [4.69, 9.17) is 10.5 Å². The first-order valence-electron chi connectivity index (χ1n) is 5.76. The molecule has 4 nitrogen and oxygen atoms in total. The third-order valence-corrected chi connectivity index (χ3v) is 3.45. The van der Waals surface area contributed by atoms with Crippen molar-refractivity contribution >= 4 is 32.7 Å². The number of nitrogens with two attached hydrogens (primary N) is 1. The molecule has 1 heterocycles. The Kier molecular flexibility index (Phi) is 2.91. The first-order chi connectivity index (χ1) is 9.17. The molecule has 3 N–H and O–H groups in total. The second kappa shape index (κ2) is 4.59. The molecule has 0 unspecified atom stereocenters. The number of anilines is 1. The van der Waals surface area contributed by atoms with Gasteiger partial charge in [0.2, 0.25) is 0 Å². The summed E-state index contributed by atoms with van der Waals surface area (Å²) in [4.78, 5) is 7.82. The van der Waals surface area contributed by atoms with Crippen molar-refractivity contribution in [1.82, 2.24) is 9.97 Å². The lowest BCUT2D eigenvalue weighted by Gasteiger charge is -2.05. The maximum atomic E-state index is 6.00. The van der Waals surface area contributed by atoms with Crippen molar-refractivity contribution in [1.29, 1.82) is 0 Å². The molecule has 96 valence electrons. The standard InChI is InChI=1S/C14H12BrN3O/c1-19-9-3-4-11(16)10(7-9)14-17-12-5-2-8(15)6-13(12)18-14/h2-7H,16H2,1H3,(H,17,18). The van der Waals surface area contributed by atoms with E-state index in [1.807, 2.05) is 36.4 Å². The number of ether oxygens (including phenoxy) is 1. The minimum absolute atomic E-state index is 0.666. The number of halogens is 1. The molecule has 0 aliphatic carbocycles. The lowest BCUT2D eigenvalue weighted by molar-refractivity contribution is 0.415. The van der Waals surface area contributed by atoms with Crippen LogP contribution in [0.4, 0.5) is 5.69 Å². The van der Waals surface area contributed by atoms with E-state index in [0.717, 1.165) is 32.6 Å². The number of nitrogen functional groups attached to an aromatic ring is 1. The first kappa shape index (κ1) is 12.0. The third kappa shape index (κ3) is 2.17. The number of rotatable bonds is 2. The molecule has 0 amide bonds. The Labute approximate surface area is 118 Å². The summed E-state index contributed by atoms with van der Waals surface area (Å²) >= 11 is 3.44. The lowest BCUT2D eigenvalue weighted by atomic mass is 10.1. The Morgan fingerprint density at radius 3 is 2.84 bits per heavy atom. The summed E-state index contributed by atoms with van der Waals surface area (Å²) < 4.78 is 6.23. The molecular formula is C14H12BrN3O. The molecule has 3 aromatic rings. The molecule has 3 rings (SSSR count). The molecule has 0 saturated carbocycles. The van der Waals surface area contributed by atoms with E-state index in [9.17, 15) is 0 Å². The molecule has 0 bridgehead atoms. The molecular weight excluding hydrogens is 306 g/mol. The van der Waals surface area contributed by atoms with E-state index in [1.54, 1.807) is 7.11 Å². The number of hydrogen-bond acceptors (Lipinski definition) is 3. The predicted molar refractivity (Wildman–Crippen MR) is 80.2 cm³/mol. The van der Waals surface area contributed by atoms with Crippen LogP contribution >= 0.6 is 15.9 Å². The highest BCUT2D eigenvalue weighted by molar-refractivity contribution is 9.10. The van der Waals surface area contributed by atoms with E-state index in [0.29, 0.717) is 5.69 Å². The normalized spacial score (nSPS) is 10.8. The smallest absolute Gasteiger partial charge is 0.140 e. The summed E-state index contributed by atoms with van der Waals surface area (Å²) in [6.07, 6.45) is 0. The number of aromatic nitrogens is 2. The van der Waals surface area contributed by atoms with Gasteiger partial charge in [-0.15, -0.1) is 0 Å². The highest BCUT2D eigenvalue weighted by Crippen LogP contribution is 2.30. The number of nitrogens with zero attached hydrogens (tertiary/aromatic N) is 1. The molecule has 5 heteroatoms. The summed E-state index contributed by atoms with van der Waals surface area (Å²) in [7, 11) is 1.63. The van der Waals surface area contributed by atoms with Crippen molar-refractivity contribution in [2.45, 2.75) is 0 Å². The number of H-pyrrole nitrogens is 1. The molecule has 0 radical (unpaired) electrons. The highest BCUT2D eigenvalue weighted by atomic mass is 79.9. The van der Waals surface area contributed by atoms with Crippen molar-refractivity contribution in [3.8, 4) is 17.1 Å². The summed E-state index contributed by atoms with van der Waals surface area (Å²) in [6, 6.07) is 11.4. The average molecular weight is 318 g/mol. The summed E-state index contributed by atoms with van der Waals surface area (Å²) in [6.45, 7) is 0. The van der Waals surface area contributed by atoms with Gasteiger partial charge in [0.1, 0.15) is 11.6 Å². The van der Waals surface area contributed by atoms with Crippen LogP contribution in [-0.4, -0.2) is 17.1 Å². The van der Waals surface area contributed by atoms with Crippen molar-refractivity contribution in [2.24, 2.45) is 0 Å². The zero-order valence-corrected chi connectivity index (χ0v) is 11.9. The number of nitrogens with one attached hydrogen (secondary N) is 1. The van der Waals surface area contributed by atoms with Gasteiger partial charge in [0.05, 0.1) is 18.1 Å². The quantitative estimate of drug-likeness (QED) is 0.710. The molecule has 0 fully saturated rings. The largest absolute Gasteiger partial charge is 0.497 e. The number of aromatic amines is 1. The van der Waals surface area contributed by atoms with Gasteiger partial charge in [0.25, 0.3) is 0 Å². The van der Waals surface area contributed by atoms with E-state index < -0.39 is 0 Å². The van der Waals surface area contributed by atoms with E-state index in [-0.39, 0.29) is 0 Å². The Morgan fingerprint density at radius 1 is 1.21 bits per heavy atom. The SMILES string of the molecule is COc1ccc(N)c(-c2nc3ccc(Br)cc3[nH]2)c1. The number of fused-ring (bicyclic) bond motifs is 1. The molecule has 0 saturated heterocycles. The zero-order chi connectivity index (χ0) is 13.4. The Bertz CT molecular complexity index is 752. The lowest BCUT2D eigenvalue weighted by Crippen LogP contribution is -1.92. The van der Waals surface area contributed by atoms with Crippen LogP contribution in [0, 0.1) is 0 Å². The summed E-state index contributed by atoms with van der Waals surface area (Å²) in [5.41, 5.74) is 9.38. The van der Waals surface area contributed by atoms with Gasteiger partial charge >= 0.3 is 0 Å². The monoisotopic (exact) mass is 317 g/mol. The van der Waals surface area contributed by atoms with Crippen LogP contribution in [0.5, 0.6) is 5.75 Å². The topological polar surface area (TPSA) is 63.9 Å². The number of hydrogen-bond donors (Lipinski definition) is 2. The van der Waals surface area contributed by atoms with Crippen molar-refractivity contribution in [3.63, 3.8) is 0 Å². The predicted octanol–water partition coefficient (Wildman–Crippen LogP) is 3.58. The Morgan fingerprint density at radius 2 is 2.05 bits per heavy atom. The van der Waals surface area contributed by atoms with Crippen molar-refractivity contribution in [2.75, 3.05) is 12.8 Å². The van der Waals surface area contributed by atoms with Crippen LogP contribution in [0.15, 0.2) is 40.9 Å². The Hall–Kier alpha value is -2.01. The van der Waals surface area contributed by atoms with Crippen LogP contribution in [0.2, 0.25) is 0 Å². The van der Waals surface area contributed by atoms with Gasteiger partial charge in [-0.25, -0.2) is 4.98 Å². The van der Waals surface area contributed by atoms with Gasteiger partial charge < -0.3 is 15.5 Å². The maximum Gasteiger partial charge on any atom is 0.140 e. The van der Waals surface area contributed by atoms with Crippen molar-refractivity contribution < 1.29 is 4.74 Å². The van der Waals surface area contributed by atoms with E-state index in [1.165, 1.54) is 0 Å². The van der Waals surface area contributed by atoms with Crippen LogP contribution < -0.4 is 10.5 Å². The maximum absolute atomic E-state index is 6.00. The van der Waals surface area contributed by atoms with E-state index >= 15 is 0 Å². The fourth-order valence-electron chi connectivity index (χ4n) is 1.98. The molecule has 0 atom stereocenters. The number of imidazole rings is 1. The Balaban J connectivity index is 2.18. The molecule has 2 aromatic carbocycles. The van der Waals surface area contributed by atoms with E-state index in [2.05, 4.69) is 25.9 Å². The second-order valence-electron chi connectivity index (χ2n) is 4.20. The minimum Gasteiger partial charge on any atom is -0.497 e. The molecule has 0 aliphatic rings.